The number of rotatable bonds is 3. The average Bonchev–Trinajstić information content (AvgIpc) is 2.62. The normalized spacial score (nSPS) is 10.3. The number of anilines is 1. The fourth-order valence-corrected chi connectivity index (χ4v) is 1.43. The summed E-state index contributed by atoms with van der Waals surface area (Å²) in [6.07, 6.45) is 0. The fraction of sp³-hybridized carbons (Fsp3) is 0.182. The molecule has 1 N–H and O–H groups in total. The van der Waals surface area contributed by atoms with E-state index in [0.29, 0.717) is 11.7 Å². The summed E-state index contributed by atoms with van der Waals surface area (Å²) >= 11 is 5.76. The maximum absolute atomic E-state index is 5.76. The Morgan fingerprint density at radius 3 is 2.87 bits per heavy atom. The largest absolute Gasteiger partial charge is 0.465 e. The summed E-state index contributed by atoms with van der Waals surface area (Å²) in [6.45, 7) is 2.53. The van der Waals surface area contributed by atoms with Crippen molar-refractivity contribution in [3.8, 4) is 0 Å². The van der Waals surface area contributed by atoms with E-state index in [0.717, 1.165) is 17.3 Å². The van der Waals surface area contributed by atoms with Gasteiger partial charge in [-0.2, -0.15) is 0 Å². The zero-order valence-corrected chi connectivity index (χ0v) is 9.08. The lowest BCUT2D eigenvalue weighted by Crippen LogP contribution is -1.99. The van der Waals surface area contributed by atoms with Gasteiger partial charge in [0.1, 0.15) is 22.5 Å². The first-order chi connectivity index (χ1) is 7.24. The molecule has 0 aliphatic rings. The minimum atomic E-state index is 0.482. The number of hydrogen-bond acceptors (Lipinski definition) is 3. The monoisotopic (exact) mass is 222 g/mol. The molecular formula is C11H11ClN2O. The Hall–Kier alpha value is -1.48. The van der Waals surface area contributed by atoms with Crippen LogP contribution in [0, 0.1) is 6.92 Å². The molecule has 15 heavy (non-hydrogen) atoms. The van der Waals surface area contributed by atoms with Crippen LogP contribution in [-0.4, -0.2) is 4.98 Å². The molecule has 0 saturated heterocycles. The molecule has 0 atom stereocenters. The van der Waals surface area contributed by atoms with E-state index in [1.54, 1.807) is 6.07 Å². The van der Waals surface area contributed by atoms with Crippen LogP contribution in [0.25, 0.3) is 0 Å². The van der Waals surface area contributed by atoms with Crippen molar-refractivity contribution >= 4 is 17.4 Å². The third-order valence-electron chi connectivity index (χ3n) is 1.95. The summed E-state index contributed by atoms with van der Waals surface area (Å²) in [5.41, 5.74) is 0. The number of furan rings is 1. The summed E-state index contributed by atoms with van der Waals surface area (Å²) < 4.78 is 5.41. The van der Waals surface area contributed by atoms with Gasteiger partial charge in [0.05, 0.1) is 6.54 Å². The first kappa shape index (κ1) is 10.1. The lowest BCUT2D eigenvalue weighted by molar-refractivity contribution is 0.490. The fourth-order valence-electron chi connectivity index (χ4n) is 1.26. The molecule has 0 amide bonds. The van der Waals surface area contributed by atoms with E-state index in [4.69, 9.17) is 16.0 Å². The molecule has 2 aromatic heterocycles. The Morgan fingerprint density at radius 1 is 1.33 bits per heavy atom. The Labute approximate surface area is 93.1 Å². The highest BCUT2D eigenvalue weighted by molar-refractivity contribution is 6.29. The highest BCUT2D eigenvalue weighted by Gasteiger charge is 1.99. The SMILES string of the molecule is Cc1ccc(CNc2cccc(Cl)n2)o1. The summed E-state index contributed by atoms with van der Waals surface area (Å²) in [6, 6.07) is 9.33. The third kappa shape index (κ3) is 2.73. The summed E-state index contributed by atoms with van der Waals surface area (Å²) in [7, 11) is 0. The second kappa shape index (κ2) is 4.36. The van der Waals surface area contributed by atoms with Crippen LogP contribution < -0.4 is 5.32 Å². The van der Waals surface area contributed by atoms with E-state index in [9.17, 15) is 0 Å². The lowest BCUT2D eigenvalue weighted by atomic mass is 10.4. The van der Waals surface area contributed by atoms with Crippen LogP contribution in [0.4, 0.5) is 5.82 Å². The number of nitrogens with one attached hydrogen (secondary N) is 1. The van der Waals surface area contributed by atoms with E-state index >= 15 is 0 Å². The van der Waals surface area contributed by atoms with E-state index in [1.165, 1.54) is 0 Å². The summed E-state index contributed by atoms with van der Waals surface area (Å²) in [5.74, 6) is 2.54. The molecule has 0 saturated carbocycles. The van der Waals surface area contributed by atoms with Crippen molar-refractivity contribution < 1.29 is 4.42 Å². The van der Waals surface area contributed by atoms with E-state index in [1.807, 2.05) is 31.2 Å². The van der Waals surface area contributed by atoms with Gasteiger partial charge >= 0.3 is 0 Å². The molecule has 3 nitrogen and oxygen atoms in total. The van der Waals surface area contributed by atoms with Gasteiger partial charge in [-0.05, 0) is 31.2 Å². The molecule has 0 radical (unpaired) electrons. The van der Waals surface area contributed by atoms with Crippen LogP contribution in [0.5, 0.6) is 0 Å². The average molecular weight is 223 g/mol. The van der Waals surface area contributed by atoms with Crippen molar-refractivity contribution in [1.29, 1.82) is 0 Å². The molecule has 2 aromatic rings. The van der Waals surface area contributed by atoms with E-state index in [2.05, 4.69) is 10.3 Å². The number of aromatic nitrogens is 1. The van der Waals surface area contributed by atoms with Crippen LogP contribution in [0.2, 0.25) is 5.15 Å². The number of nitrogens with zero attached hydrogens (tertiary/aromatic N) is 1. The highest BCUT2D eigenvalue weighted by Crippen LogP contribution is 2.12. The molecule has 0 aromatic carbocycles. The first-order valence-electron chi connectivity index (χ1n) is 4.66. The number of pyridine rings is 1. The van der Waals surface area contributed by atoms with Crippen molar-refractivity contribution in [2.24, 2.45) is 0 Å². The van der Waals surface area contributed by atoms with Crippen molar-refractivity contribution in [2.75, 3.05) is 5.32 Å². The molecule has 78 valence electrons. The Balaban J connectivity index is 1.99. The lowest BCUT2D eigenvalue weighted by Gasteiger charge is -2.02. The predicted octanol–water partition coefficient (Wildman–Crippen LogP) is 3.25. The summed E-state index contributed by atoms with van der Waals surface area (Å²) in [4.78, 5) is 4.11. The predicted molar refractivity (Wildman–Crippen MR) is 60.0 cm³/mol. The molecule has 4 heteroatoms. The van der Waals surface area contributed by atoms with E-state index in [-0.39, 0.29) is 0 Å². The number of hydrogen-bond donors (Lipinski definition) is 1. The summed E-state index contributed by atoms with van der Waals surface area (Å²) in [5, 5.41) is 3.61. The Morgan fingerprint density at radius 2 is 2.20 bits per heavy atom. The first-order valence-corrected chi connectivity index (χ1v) is 5.03. The van der Waals surface area contributed by atoms with Crippen molar-refractivity contribution in [3.05, 3.63) is 47.0 Å². The maximum Gasteiger partial charge on any atom is 0.131 e. The van der Waals surface area contributed by atoms with Gasteiger partial charge < -0.3 is 9.73 Å². The topological polar surface area (TPSA) is 38.1 Å². The van der Waals surface area contributed by atoms with Crippen molar-refractivity contribution in [3.63, 3.8) is 0 Å². The maximum atomic E-state index is 5.76. The van der Waals surface area contributed by atoms with Gasteiger partial charge in [0.25, 0.3) is 0 Å². The van der Waals surface area contributed by atoms with Crippen LogP contribution >= 0.6 is 11.6 Å². The highest BCUT2D eigenvalue weighted by atomic mass is 35.5. The van der Waals surface area contributed by atoms with Gasteiger partial charge in [-0.1, -0.05) is 17.7 Å². The van der Waals surface area contributed by atoms with Crippen LogP contribution in [0.15, 0.2) is 34.7 Å². The minimum Gasteiger partial charge on any atom is -0.465 e. The van der Waals surface area contributed by atoms with E-state index < -0.39 is 0 Å². The second-order valence-electron chi connectivity index (χ2n) is 3.21. The number of aryl methyl sites for hydroxylation is 1. The second-order valence-corrected chi connectivity index (χ2v) is 3.60. The zero-order chi connectivity index (χ0) is 10.7. The van der Waals surface area contributed by atoms with Crippen molar-refractivity contribution in [2.45, 2.75) is 13.5 Å². The molecule has 0 spiro atoms. The molecule has 0 aliphatic heterocycles. The molecule has 0 bridgehead atoms. The molecule has 0 unspecified atom stereocenters. The van der Waals surface area contributed by atoms with Crippen LogP contribution in [-0.2, 0) is 6.54 Å². The molecule has 0 aliphatic carbocycles. The van der Waals surface area contributed by atoms with Gasteiger partial charge in [-0.25, -0.2) is 4.98 Å². The molecule has 0 fully saturated rings. The van der Waals surface area contributed by atoms with Gasteiger partial charge in [0, 0.05) is 0 Å². The smallest absolute Gasteiger partial charge is 0.131 e. The van der Waals surface area contributed by atoms with Gasteiger partial charge in [0.2, 0.25) is 0 Å². The van der Waals surface area contributed by atoms with Gasteiger partial charge in [-0.15, -0.1) is 0 Å². The quantitative estimate of drug-likeness (QED) is 0.811. The zero-order valence-electron chi connectivity index (χ0n) is 8.33. The minimum absolute atomic E-state index is 0.482. The van der Waals surface area contributed by atoms with Crippen molar-refractivity contribution in [1.82, 2.24) is 4.98 Å². The molecule has 2 rings (SSSR count). The molecule has 2 heterocycles. The number of halogens is 1. The van der Waals surface area contributed by atoms with Crippen LogP contribution in [0.1, 0.15) is 11.5 Å². The van der Waals surface area contributed by atoms with Gasteiger partial charge in [0.15, 0.2) is 0 Å². The third-order valence-corrected chi connectivity index (χ3v) is 2.17. The molecular weight excluding hydrogens is 212 g/mol. The van der Waals surface area contributed by atoms with Crippen LogP contribution in [0.3, 0.4) is 0 Å². The Bertz CT molecular complexity index is 453. The Kier molecular flexibility index (Phi) is 2.92. The van der Waals surface area contributed by atoms with Gasteiger partial charge in [-0.3, -0.25) is 0 Å². The standard InChI is InChI=1S/C11H11ClN2O/c1-8-5-6-9(15-8)7-13-11-4-2-3-10(12)14-11/h2-6H,7H2,1H3,(H,13,14).